The van der Waals surface area contributed by atoms with E-state index in [0.717, 1.165) is 11.2 Å². The molecule has 0 saturated heterocycles. The van der Waals surface area contributed by atoms with Gasteiger partial charge in [0.05, 0.1) is 0 Å². The van der Waals surface area contributed by atoms with Crippen LogP contribution in [0.15, 0.2) is 18.5 Å². The third kappa shape index (κ3) is 1.52. The molecule has 13 heavy (non-hydrogen) atoms. The first-order valence-electron chi connectivity index (χ1n) is 4.17. The number of hydrogen-bond acceptors (Lipinski definition) is 2. The third-order valence-corrected chi connectivity index (χ3v) is 2.15. The minimum Gasteiger partial charge on any atom is -0.237 e. The molecular formula is C9H10ClN3. The van der Waals surface area contributed by atoms with E-state index in [-0.39, 0.29) is 0 Å². The minimum absolute atomic E-state index is 0.458. The Bertz CT molecular complexity index is 433. The highest BCUT2D eigenvalue weighted by molar-refractivity contribution is 6.29. The van der Waals surface area contributed by atoms with E-state index in [1.807, 2.05) is 12.4 Å². The number of fused-ring (bicyclic) bond motifs is 1. The predicted octanol–water partition coefficient (Wildman–Crippen LogP) is 2.51. The van der Waals surface area contributed by atoms with Gasteiger partial charge < -0.3 is 0 Å². The van der Waals surface area contributed by atoms with Crippen LogP contribution in [0.5, 0.6) is 0 Å². The van der Waals surface area contributed by atoms with Crippen molar-refractivity contribution in [3.63, 3.8) is 0 Å². The van der Waals surface area contributed by atoms with Crippen molar-refractivity contribution in [2.75, 3.05) is 0 Å². The molecule has 0 bridgehead atoms. The van der Waals surface area contributed by atoms with E-state index in [0.29, 0.717) is 11.1 Å². The van der Waals surface area contributed by atoms with Gasteiger partial charge in [-0.1, -0.05) is 25.4 Å². The standard InChI is InChI=1S/C9H10ClN3/c1-6(2)7-4-11-9-3-8(10)12-13(9)5-7/h3-6H,1-2H3. The van der Waals surface area contributed by atoms with Crippen molar-refractivity contribution in [2.24, 2.45) is 0 Å². The summed E-state index contributed by atoms with van der Waals surface area (Å²) in [5, 5.41) is 4.56. The summed E-state index contributed by atoms with van der Waals surface area (Å²) in [6, 6.07) is 1.74. The summed E-state index contributed by atoms with van der Waals surface area (Å²) in [6.07, 6.45) is 3.82. The molecular weight excluding hydrogens is 186 g/mol. The molecule has 0 spiro atoms. The SMILES string of the molecule is CC(C)c1cnc2cc(Cl)nn2c1. The monoisotopic (exact) mass is 195 g/mol. The first-order chi connectivity index (χ1) is 6.16. The van der Waals surface area contributed by atoms with Gasteiger partial charge in [0.15, 0.2) is 10.8 Å². The molecule has 4 heteroatoms. The molecule has 2 rings (SSSR count). The summed E-state index contributed by atoms with van der Waals surface area (Å²) in [7, 11) is 0. The lowest BCUT2D eigenvalue weighted by Gasteiger charge is -2.03. The van der Waals surface area contributed by atoms with Crippen molar-refractivity contribution < 1.29 is 0 Å². The highest BCUT2D eigenvalue weighted by Gasteiger charge is 2.03. The normalized spacial score (nSPS) is 11.4. The summed E-state index contributed by atoms with van der Waals surface area (Å²) in [6.45, 7) is 4.24. The lowest BCUT2D eigenvalue weighted by Crippen LogP contribution is -1.95. The van der Waals surface area contributed by atoms with E-state index in [1.54, 1.807) is 10.6 Å². The van der Waals surface area contributed by atoms with Gasteiger partial charge in [-0.15, -0.1) is 0 Å². The molecule has 0 unspecified atom stereocenters. The lowest BCUT2D eigenvalue weighted by molar-refractivity contribution is 0.821. The second-order valence-electron chi connectivity index (χ2n) is 3.31. The van der Waals surface area contributed by atoms with Crippen LogP contribution in [0.3, 0.4) is 0 Å². The third-order valence-electron chi connectivity index (χ3n) is 1.97. The fourth-order valence-corrected chi connectivity index (χ4v) is 1.34. The molecule has 0 radical (unpaired) electrons. The van der Waals surface area contributed by atoms with Gasteiger partial charge in [0.2, 0.25) is 0 Å². The summed E-state index contributed by atoms with van der Waals surface area (Å²) in [5.41, 5.74) is 1.95. The van der Waals surface area contributed by atoms with Crippen molar-refractivity contribution in [1.29, 1.82) is 0 Å². The number of rotatable bonds is 1. The zero-order valence-corrected chi connectivity index (χ0v) is 8.28. The Hall–Kier alpha value is -1.09. The largest absolute Gasteiger partial charge is 0.237 e. The van der Waals surface area contributed by atoms with E-state index < -0.39 is 0 Å². The topological polar surface area (TPSA) is 30.2 Å². The first-order valence-corrected chi connectivity index (χ1v) is 4.55. The van der Waals surface area contributed by atoms with E-state index in [2.05, 4.69) is 23.9 Å². The molecule has 2 aromatic heterocycles. The van der Waals surface area contributed by atoms with Crippen LogP contribution in [-0.2, 0) is 0 Å². The molecule has 68 valence electrons. The second kappa shape index (κ2) is 3.00. The van der Waals surface area contributed by atoms with Gasteiger partial charge in [-0.05, 0) is 11.5 Å². The maximum absolute atomic E-state index is 5.74. The maximum atomic E-state index is 5.74. The number of halogens is 1. The summed E-state index contributed by atoms with van der Waals surface area (Å²) in [5.74, 6) is 0.458. The zero-order valence-electron chi connectivity index (χ0n) is 7.53. The Kier molecular flexibility index (Phi) is 1.96. The van der Waals surface area contributed by atoms with Gasteiger partial charge in [-0.3, -0.25) is 0 Å². The van der Waals surface area contributed by atoms with E-state index in [9.17, 15) is 0 Å². The molecule has 0 fully saturated rings. The molecule has 0 aromatic carbocycles. The molecule has 2 aromatic rings. The first kappa shape index (κ1) is 8.51. The molecule has 0 saturated carbocycles. The van der Waals surface area contributed by atoms with Gasteiger partial charge in [-0.25, -0.2) is 9.50 Å². The number of aromatic nitrogens is 3. The number of hydrogen-bond donors (Lipinski definition) is 0. The molecule has 0 aliphatic carbocycles. The van der Waals surface area contributed by atoms with Crippen LogP contribution in [-0.4, -0.2) is 14.6 Å². The quantitative estimate of drug-likeness (QED) is 0.700. The summed E-state index contributed by atoms with van der Waals surface area (Å²) < 4.78 is 1.71. The van der Waals surface area contributed by atoms with Crippen LogP contribution in [0.1, 0.15) is 25.3 Å². The van der Waals surface area contributed by atoms with E-state index >= 15 is 0 Å². The predicted molar refractivity (Wildman–Crippen MR) is 52.1 cm³/mol. The van der Waals surface area contributed by atoms with Gasteiger partial charge in [0.25, 0.3) is 0 Å². The van der Waals surface area contributed by atoms with E-state index in [1.165, 1.54) is 0 Å². The molecule has 0 amide bonds. The zero-order chi connectivity index (χ0) is 9.42. The van der Waals surface area contributed by atoms with Crippen molar-refractivity contribution in [3.05, 3.63) is 29.2 Å². The van der Waals surface area contributed by atoms with Crippen LogP contribution in [0.25, 0.3) is 5.65 Å². The van der Waals surface area contributed by atoms with Gasteiger partial charge in [-0.2, -0.15) is 5.10 Å². The summed E-state index contributed by atoms with van der Waals surface area (Å²) >= 11 is 5.74. The van der Waals surface area contributed by atoms with Crippen LogP contribution < -0.4 is 0 Å². The fourth-order valence-electron chi connectivity index (χ4n) is 1.16. The highest BCUT2D eigenvalue weighted by atomic mass is 35.5. The molecule has 0 aliphatic rings. The van der Waals surface area contributed by atoms with Crippen molar-refractivity contribution in [2.45, 2.75) is 19.8 Å². The molecule has 0 aliphatic heterocycles. The second-order valence-corrected chi connectivity index (χ2v) is 3.70. The molecule has 2 heterocycles. The summed E-state index contributed by atoms with van der Waals surface area (Å²) in [4.78, 5) is 4.24. The number of nitrogens with zero attached hydrogens (tertiary/aromatic N) is 3. The molecule has 3 nitrogen and oxygen atoms in total. The van der Waals surface area contributed by atoms with Crippen LogP contribution in [0.4, 0.5) is 0 Å². The van der Waals surface area contributed by atoms with Crippen LogP contribution >= 0.6 is 11.6 Å². The molecule has 0 atom stereocenters. The lowest BCUT2D eigenvalue weighted by atomic mass is 10.1. The van der Waals surface area contributed by atoms with Crippen LogP contribution in [0, 0.1) is 0 Å². The minimum atomic E-state index is 0.458. The van der Waals surface area contributed by atoms with Gasteiger partial charge >= 0.3 is 0 Å². The smallest absolute Gasteiger partial charge is 0.156 e. The van der Waals surface area contributed by atoms with Crippen molar-refractivity contribution >= 4 is 17.2 Å². The Morgan fingerprint density at radius 2 is 2.23 bits per heavy atom. The van der Waals surface area contributed by atoms with Gasteiger partial charge in [0.1, 0.15) is 0 Å². The van der Waals surface area contributed by atoms with Gasteiger partial charge in [0, 0.05) is 18.5 Å². The average molecular weight is 196 g/mol. The maximum Gasteiger partial charge on any atom is 0.156 e. The Morgan fingerprint density at radius 1 is 1.46 bits per heavy atom. The Morgan fingerprint density at radius 3 is 2.92 bits per heavy atom. The average Bonchev–Trinajstić information content (AvgIpc) is 2.42. The fraction of sp³-hybridized carbons (Fsp3) is 0.333. The van der Waals surface area contributed by atoms with Crippen LogP contribution in [0.2, 0.25) is 5.15 Å². The van der Waals surface area contributed by atoms with Crippen molar-refractivity contribution in [1.82, 2.24) is 14.6 Å². The molecule has 0 N–H and O–H groups in total. The highest BCUT2D eigenvalue weighted by Crippen LogP contribution is 2.15. The Labute approximate surface area is 81.4 Å². The van der Waals surface area contributed by atoms with E-state index in [4.69, 9.17) is 11.6 Å². The van der Waals surface area contributed by atoms with Crippen molar-refractivity contribution in [3.8, 4) is 0 Å². The Balaban J connectivity index is 2.61.